The number of aryl methyl sites for hydroxylation is 1. The van der Waals surface area contributed by atoms with Crippen molar-refractivity contribution in [3.8, 4) is 0 Å². The van der Waals surface area contributed by atoms with Crippen LogP contribution in [-0.4, -0.2) is 57.0 Å². The summed E-state index contributed by atoms with van der Waals surface area (Å²) >= 11 is 0. The van der Waals surface area contributed by atoms with E-state index in [9.17, 15) is 4.79 Å². The van der Waals surface area contributed by atoms with Crippen LogP contribution in [0.2, 0.25) is 0 Å². The van der Waals surface area contributed by atoms with E-state index in [2.05, 4.69) is 39.8 Å². The third-order valence-electron chi connectivity index (χ3n) is 5.19. The summed E-state index contributed by atoms with van der Waals surface area (Å²) in [5, 5.41) is 3.44. The Balaban J connectivity index is 1.56. The predicted octanol–water partition coefficient (Wildman–Crippen LogP) is 2.30. The number of fused-ring (bicyclic) bond motifs is 1. The Labute approximate surface area is 164 Å². The van der Waals surface area contributed by atoms with Crippen molar-refractivity contribution in [2.24, 2.45) is 0 Å². The van der Waals surface area contributed by atoms with Gasteiger partial charge in [-0.1, -0.05) is 12.1 Å². The summed E-state index contributed by atoms with van der Waals surface area (Å²) in [6, 6.07) is 10.0. The molecule has 1 aromatic carbocycles. The van der Waals surface area contributed by atoms with Gasteiger partial charge in [-0.05, 0) is 26.0 Å². The first-order chi connectivity index (χ1) is 13.6. The number of benzene rings is 1. The van der Waals surface area contributed by atoms with E-state index < -0.39 is 0 Å². The lowest BCUT2D eigenvalue weighted by Crippen LogP contribution is -2.48. The SMILES string of the molecule is CCn1c(C(C)Nc2cc(N3CCN(C)C(=O)C3)ncn2)nc2ccccc21. The van der Waals surface area contributed by atoms with Crippen molar-refractivity contribution < 1.29 is 4.79 Å². The largest absolute Gasteiger partial charge is 0.360 e. The van der Waals surface area contributed by atoms with Crippen LogP contribution in [0.1, 0.15) is 25.7 Å². The maximum absolute atomic E-state index is 12.0. The molecule has 2 aromatic heterocycles. The zero-order valence-electron chi connectivity index (χ0n) is 16.5. The van der Waals surface area contributed by atoms with Gasteiger partial charge < -0.3 is 19.7 Å². The van der Waals surface area contributed by atoms with Gasteiger partial charge >= 0.3 is 0 Å². The van der Waals surface area contributed by atoms with Crippen LogP contribution in [0, 0.1) is 0 Å². The second-order valence-corrected chi connectivity index (χ2v) is 7.07. The van der Waals surface area contributed by atoms with Crippen molar-refractivity contribution in [3.63, 3.8) is 0 Å². The number of hydrogen-bond donors (Lipinski definition) is 1. The van der Waals surface area contributed by atoms with E-state index in [4.69, 9.17) is 4.98 Å². The molecule has 1 saturated heterocycles. The van der Waals surface area contributed by atoms with E-state index in [1.54, 1.807) is 4.90 Å². The molecule has 28 heavy (non-hydrogen) atoms. The molecule has 146 valence electrons. The number of imidazole rings is 1. The maximum Gasteiger partial charge on any atom is 0.241 e. The number of hydrogen-bond acceptors (Lipinski definition) is 6. The van der Waals surface area contributed by atoms with Gasteiger partial charge in [-0.2, -0.15) is 0 Å². The number of piperazine rings is 1. The Bertz CT molecular complexity index is 999. The predicted molar refractivity (Wildman–Crippen MR) is 109 cm³/mol. The molecule has 1 N–H and O–H groups in total. The van der Waals surface area contributed by atoms with Crippen molar-refractivity contribution in [3.05, 3.63) is 42.5 Å². The summed E-state index contributed by atoms with van der Waals surface area (Å²) in [5.74, 6) is 2.55. The number of anilines is 2. The molecule has 1 aliphatic heterocycles. The fourth-order valence-electron chi connectivity index (χ4n) is 3.60. The van der Waals surface area contributed by atoms with Gasteiger partial charge in [0.05, 0.1) is 23.6 Å². The Morgan fingerprint density at radius 3 is 2.82 bits per heavy atom. The number of para-hydroxylation sites is 2. The lowest BCUT2D eigenvalue weighted by molar-refractivity contribution is -0.129. The molecule has 1 aliphatic rings. The molecule has 1 unspecified atom stereocenters. The second kappa shape index (κ2) is 7.46. The molecule has 0 aliphatic carbocycles. The fraction of sp³-hybridized carbons (Fsp3) is 0.400. The molecule has 4 rings (SSSR count). The highest BCUT2D eigenvalue weighted by atomic mass is 16.2. The average Bonchev–Trinajstić information content (AvgIpc) is 3.09. The van der Waals surface area contributed by atoms with Gasteiger partial charge in [0.1, 0.15) is 23.8 Å². The summed E-state index contributed by atoms with van der Waals surface area (Å²) in [6.45, 7) is 6.85. The molecule has 8 nitrogen and oxygen atoms in total. The standard InChI is InChI=1S/C20H25N7O/c1-4-27-16-8-6-5-7-15(16)24-20(27)14(2)23-17-11-18(22-13-21-17)26-10-9-25(3)19(28)12-26/h5-8,11,13-14H,4,9-10,12H2,1-3H3,(H,21,22,23). The number of nitrogens with one attached hydrogen (secondary N) is 1. The summed E-state index contributed by atoms with van der Waals surface area (Å²) < 4.78 is 2.22. The van der Waals surface area contributed by atoms with Crippen LogP contribution in [0.4, 0.5) is 11.6 Å². The zero-order chi connectivity index (χ0) is 19.7. The molecule has 8 heteroatoms. The van der Waals surface area contributed by atoms with Gasteiger partial charge in [0, 0.05) is 32.7 Å². The highest BCUT2D eigenvalue weighted by Crippen LogP contribution is 2.24. The molecule has 0 bridgehead atoms. The van der Waals surface area contributed by atoms with Gasteiger partial charge in [0.2, 0.25) is 5.91 Å². The van der Waals surface area contributed by atoms with E-state index >= 15 is 0 Å². The van der Waals surface area contributed by atoms with Crippen LogP contribution < -0.4 is 10.2 Å². The van der Waals surface area contributed by atoms with E-state index in [0.29, 0.717) is 13.1 Å². The number of aromatic nitrogens is 4. The van der Waals surface area contributed by atoms with Gasteiger partial charge in [0.25, 0.3) is 0 Å². The van der Waals surface area contributed by atoms with Crippen LogP contribution in [0.3, 0.4) is 0 Å². The maximum atomic E-state index is 12.0. The molecular weight excluding hydrogens is 354 g/mol. The number of likely N-dealkylation sites (N-methyl/N-ethyl adjacent to an activating group) is 1. The van der Waals surface area contributed by atoms with Crippen molar-refractivity contribution >= 4 is 28.6 Å². The lowest BCUT2D eigenvalue weighted by Gasteiger charge is -2.32. The van der Waals surface area contributed by atoms with Gasteiger partial charge in [-0.3, -0.25) is 4.79 Å². The second-order valence-electron chi connectivity index (χ2n) is 7.07. The Hall–Kier alpha value is -3.16. The number of carbonyl (C=O) groups excluding carboxylic acids is 1. The first kappa shape index (κ1) is 18.2. The number of carbonyl (C=O) groups is 1. The topological polar surface area (TPSA) is 79.2 Å². The minimum Gasteiger partial charge on any atom is -0.360 e. The van der Waals surface area contributed by atoms with Crippen molar-refractivity contribution in [1.82, 2.24) is 24.4 Å². The van der Waals surface area contributed by atoms with Crippen molar-refractivity contribution in [1.29, 1.82) is 0 Å². The van der Waals surface area contributed by atoms with Crippen LogP contribution >= 0.6 is 0 Å². The van der Waals surface area contributed by atoms with E-state index in [-0.39, 0.29) is 11.9 Å². The summed E-state index contributed by atoms with van der Waals surface area (Å²) in [4.78, 5) is 29.2. The lowest BCUT2D eigenvalue weighted by atomic mass is 10.3. The van der Waals surface area contributed by atoms with Gasteiger partial charge in [0.15, 0.2) is 0 Å². The molecule has 1 fully saturated rings. The first-order valence-electron chi connectivity index (χ1n) is 9.59. The first-order valence-corrected chi connectivity index (χ1v) is 9.59. The average molecular weight is 379 g/mol. The number of nitrogens with zero attached hydrogens (tertiary/aromatic N) is 6. The summed E-state index contributed by atoms with van der Waals surface area (Å²) in [5.41, 5.74) is 2.13. The molecule has 0 spiro atoms. The normalized spacial score (nSPS) is 15.9. The third kappa shape index (κ3) is 3.37. The molecule has 3 aromatic rings. The molecule has 3 heterocycles. The summed E-state index contributed by atoms with van der Waals surface area (Å²) in [6.07, 6.45) is 1.54. The van der Waals surface area contributed by atoms with E-state index in [1.807, 2.05) is 36.2 Å². The Morgan fingerprint density at radius 2 is 2.04 bits per heavy atom. The molecular formula is C20H25N7O. The third-order valence-corrected chi connectivity index (χ3v) is 5.19. The quantitative estimate of drug-likeness (QED) is 0.733. The Morgan fingerprint density at radius 1 is 1.21 bits per heavy atom. The van der Waals surface area contributed by atoms with Gasteiger partial charge in [-0.25, -0.2) is 15.0 Å². The van der Waals surface area contributed by atoms with E-state index in [1.165, 1.54) is 6.33 Å². The smallest absolute Gasteiger partial charge is 0.241 e. The van der Waals surface area contributed by atoms with E-state index in [0.717, 1.165) is 41.6 Å². The molecule has 0 saturated carbocycles. The number of rotatable bonds is 5. The van der Waals surface area contributed by atoms with Crippen LogP contribution in [0.15, 0.2) is 36.7 Å². The fourth-order valence-corrected chi connectivity index (χ4v) is 3.60. The molecule has 1 atom stereocenters. The minimum atomic E-state index is -0.0239. The molecule has 1 amide bonds. The Kier molecular flexibility index (Phi) is 4.85. The zero-order valence-corrected chi connectivity index (χ0v) is 16.5. The highest BCUT2D eigenvalue weighted by Gasteiger charge is 2.23. The van der Waals surface area contributed by atoms with Crippen LogP contribution in [0.5, 0.6) is 0 Å². The number of amides is 1. The van der Waals surface area contributed by atoms with Crippen LogP contribution in [0.25, 0.3) is 11.0 Å². The molecule has 0 radical (unpaired) electrons. The minimum absolute atomic E-state index is 0.0239. The van der Waals surface area contributed by atoms with Crippen molar-refractivity contribution in [2.75, 3.05) is 36.9 Å². The van der Waals surface area contributed by atoms with Crippen LogP contribution in [-0.2, 0) is 11.3 Å². The van der Waals surface area contributed by atoms with Crippen molar-refractivity contribution in [2.45, 2.75) is 26.4 Å². The monoisotopic (exact) mass is 379 g/mol. The highest BCUT2D eigenvalue weighted by molar-refractivity contribution is 5.82. The summed E-state index contributed by atoms with van der Waals surface area (Å²) in [7, 11) is 1.83. The van der Waals surface area contributed by atoms with Gasteiger partial charge in [-0.15, -0.1) is 0 Å².